The highest BCUT2D eigenvalue weighted by molar-refractivity contribution is 5.81. The van der Waals surface area contributed by atoms with Gasteiger partial charge in [0.05, 0.1) is 6.20 Å². The van der Waals surface area contributed by atoms with Gasteiger partial charge in [0.15, 0.2) is 12.7 Å². The van der Waals surface area contributed by atoms with Crippen LogP contribution >= 0.6 is 0 Å². The second-order valence-corrected chi connectivity index (χ2v) is 5.73. The van der Waals surface area contributed by atoms with Gasteiger partial charge in [0.2, 0.25) is 5.89 Å². The molecule has 0 unspecified atom stereocenters. The van der Waals surface area contributed by atoms with E-state index in [-0.39, 0.29) is 12.5 Å². The summed E-state index contributed by atoms with van der Waals surface area (Å²) >= 11 is 0. The average Bonchev–Trinajstić information content (AvgIpc) is 2.98. The SMILES string of the molecule is CCc1cnc(COc2ccc(O[C@H]3CCCCNC3=O)cc2)o1. The van der Waals surface area contributed by atoms with Crippen molar-refractivity contribution in [1.82, 2.24) is 10.3 Å². The lowest BCUT2D eigenvalue weighted by Gasteiger charge is -2.16. The summed E-state index contributed by atoms with van der Waals surface area (Å²) in [6, 6.07) is 7.24. The van der Waals surface area contributed by atoms with Gasteiger partial charge >= 0.3 is 0 Å². The van der Waals surface area contributed by atoms with Crippen molar-refractivity contribution in [2.45, 2.75) is 45.3 Å². The number of benzene rings is 1. The molecule has 6 nitrogen and oxygen atoms in total. The van der Waals surface area contributed by atoms with Gasteiger partial charge in [-0.25, -0.2) is 4.98 Å². The molecule has 2 aromatic rings. The number of oxazole rings is 1. The number of hydrogen-bond donors (Lipinski definition) is 1. The summed E-state index contributed by atoms with van der Waals surface area (Å²) in [5, 5.41) is 2.87. The van der Waals surface area contributed by atoms with E-state index in [0.717, 1.165) is 38.0 Å². The summed E-state index contributed by atoms with van der Waals surface area (Å²) < 4.78 is 16.9. The molecule has 0 aliphatic carbocycles. The van der Waals surface area contributed by atoms with Gasteiger partial charge in [-0.3, -0.25) is 4.79 Å². The topological polar surface area (TPSA) is 73.6 Å². The Balaban J connectivity index is 1.53. The summed E-state index contributed by atoms with van der Waals surface area (Å²) in [6.45, 7) is 3.02. The van der Waals surface area contributed by atoms with E-state index in [1.54, 1.807) is 18.3 Å². The number of aromatic nitrogens is 1. The molecule has 0 spiro atoms. The third-order valence-electron chi connectivity index (χ3n) is 3.90. The Hall–Kier alpha value is -2.50. The van der Waals surface area contributed by atoms with E-state index in [1.165, 1.54) is 0 Å². The van der Waals surface area contributed by atoms with E-state index in [1.807, 2.05) is 19.1 Å². The van der Waals surface area contributed by atoms with Crippen LogP contribution in [0, 0.1) is 0 Å². The number of carbonyl (C=O) groups excluding carboxylic acids is 1. The number of carbonyl (C=O) groups is 1. The molecular weight excluding hydrogens is 308 g/mol. The first-order chi connectivity index (χ1) is 11.7. The third kappa shape index (κ3) is 4.28. The molecule has 3 rings (SSSR count). The quantitative estimate of drug-likeness (QED) is 0.881. The Morgan fingerprint density at radius 1 is 1.25 bits per heavy atom. The third-order valence-corrected chi connectivity index (χ3v) is 3.90. The molecule has 1 fully saturated rings. The van der Waals surface area contributed by atoms with E-state index in [2.05, 4.69) is 10.3 Å². The van der Waals surface area contributed by atoms with Crippen LogP contribution in [0.15, 0.2) is 34.9 Å². The van der Waals surface area contributed by atoms with Crippen LogP contribution in [0.5, 0.6) is 11.5 Å². The van der Waals surface area contributed by atoms with Crippen LogP contribution in [0.4, 0.5) is 0 Å². The molecule has 1 aromatic carbocycles. The number of nitrogens with zero attached hydrogens (tertiary/aromatic N) is 1. The molecule has 0 saturated carbocycles. The highest BCUT2D eigenvalue weighted by Crippen LogP contribution is 2.21. The predicted octanol–water partition coefficient (Wildman–Crippen LogP) is 2.86. The molecular formula is C18H22N2O4. The molecule has 1 amide bonds. The zero-order valence-electron chi connectivity index (χ0n) is 13.8. The zero-order chi connectivity index (χ0) is 16.8. The number of ether oxygens (including phenoxy) is 2. The fourth-order valence-electron chi connectivity index (χ4n) is 2.53. The van der Waals surface area contributed by atoms with Gasteiger partial charge in [0.25, 0.3) is 5.91 Å². The largest absolute Gasteiger partial charge is 0.484 e. The molecule has 1 saturated heterocycles. The number of amides is 1. The van der Waals surface area contributed by atoms with Crippen LogP contribution in [0.2, 0.25) is 0 Å². The van der Waals surface area contributed by atoms with Crippen LogP contribution in [0.1, 0.15) is 37.8 Å². The van der Waals surface area contributed by atoms with Gasteiger partial charge < -0.3 is 19.2 Å². The fourth-order valence-corrected chi connectivity index (χ4v) is 2.53. The number of rotatable bonds is 6. The monoisotopic (exact) mass is 330 g/mol. The number of nitrogens with one attached hydrogen (secondary N) is 1. The van der Waals surface area contributed by atoms with Crippen molar-refractivity contribution < 1.29 is 18.7 Å². The molecule has 0 radical (unpaired) electrons. The van der Waals surface area contributed by atoms with Crippen molar-refractivity contribution in [2.24, 2.45) is 0 Å². The Bertz CT molecular complexity index is 666. The molecule has 1 aliphatic rings. The molecule has 1 aliphatic heterocycles. The maximum absolute atomic E-state index is 11.9. The molecule has 1 atom stereocenters. The lowest BCUT2D eigenvalue weighted by Crippen LogP contribution is -2.36. The number of hydrogen-bond acceptors (Lipinski definition) is 5. The Labute approximate surface area is 141 Å². The molecule has 2 heterocycles. The van der Waals surface area contributed by atoms with Gasteiger partial charge in [0.1, 0.15) is 17.3 Å². The standard InChI is InChI=1S/C18H22N2O4/c1-2-13-11-20-17(24-13)12-22-14-6-8-15(9-7-14)23-16-5-3-4-10-19-18(16)21/h6-9,11,16H,2-5,10,12H2,1H3,(H,19,21)/t16-/m0/s1. The van der Waals surface area contributed by atoms with E-state index in [0.29, 0.717) is 17.4 Å². The zero-order valence-corrected chi connectivity index (χ0v) is 13.8. The van der Waals surface area contributed by atoms with Crippen LogP contribution in [-0.2, 0) is 17.8 Å². The lowest BCUT2D eigenvalue weighted by atomic mass is 10.2. The van der Waals surface area contributed by atoms with E-state index >= 15 is 0 Å². The van der Waals surface area contributed by atoms with Crippen LogP contribution in [-0.4, -0.2) is 23.5 Å². The molecule has 6 heteroatoms. The normalized spacial score (nSPS) is 17.9. The minimum atomic E-state index is -0.418. The summed E-state index contributed by atoms with van der Waals surface area (Å²) in [7, 11) is 0. The minimum Gasteiger partial charge on any atom is -0.484 e. The van der Waals surface area contributed by atoms with Gasteiger partial charge in [-0.15, -0.1) is 0 Å². The van der Waals surface area contributed by atoms with Crippen LogP contribution < -0.4 is 14.8 Å². The first kappa shape index (κ1) is 16.4. The first-order valence-electron chi connectivity index (χ1n) is 8.35. The molecule has 1 aromatic heterocycles. The van der Waals surface area contributed by atoms with Gasteiger partial charge in [-0.05, 0) is 43.5 Å². The second kappa shape index (κ2) is 7.86. The molecule has 128 valence electrons. The van der Waals surface area contributed by atoms with Crippen molar-refractivity contribution >= 4 is 5.91 Å². The van der Waals surface area contributed by atoms with Crippen molar-refractivity contribution in [2.75, 3.05) is 6.54 Å². The summed E-state index contributed by atoms with van der Waals surface area (Å²) in [6.07, 6.45) is 4.84. The van der Waals surface area contributed by atoms with Gasteiger partial charge in [-0.2, -0.15) is 0 Å². The van der Waals surface area contributed by atoms with Crippen molar-refractivity contribution in [3.8, 4) is 11.5 Å². The average molecular weight is 330 g/mol. The Morgan fingerprint density at radius 3 is 2.79 bits per heavy atom. The lowest BCUT2D eigenvalue weighted by molar-refractivity contribution is -0.127. The number of aryl methyl sites for hydroxylation is 1. The van der Waals surface area contributed by atoms with Crippen LogP contribution in [0.25, 0.3) is 0 Å². The predicted molar refractivity (Wildman–Crippen MR) is 87.9 cm³/mol. The van der Waals surface area contributed by atoms with Crippen LogP contribution in [0.3, 0.4) is 0 Å². The van der Waals surface area contributed by atoms with E-state index in [9.17, 15) is 4.79 Å². The van der Waals surface area contributed by atoms with Crippen molar-refractivity contribution in [3.05, 3.63) is 42.1 Å². The van der Waals surface area contributed by atoms with Gasteiger partial charge in [0, 0.05) is 13.0 Å². The molecule has 0 bridgehead atoms. The minimum absolute atomic E-state index is 0.0385. The van der Waals surface area contributed by atoms with Gasteiger partial charge in [-0.1, -0.05) is 6.92 Å². The molecule has 1 N–H and O–H groups in total. The molecule has 24 heavy (non-hydrogen) atoms. The van der Waals surface area contributed by atoms with Crippen molar-refractivity contribution in [3.63, 3.8) is 0 Å². The maximum atomic E-state index is 11.9. The summed E-state index contributed by atoms with van der Waals surface area (Å²) in [5.41, 5.74) is 0. The van der Waals surface area contributed by atoms with E-state index in [4.69, 9.17) is 13.9 Å². The Morgan fingerprint density at radius 2 is 2.04 bits per heavy atom. The van der Waals surface area contributed by atoms with Crippen molar-refractivity contribution in [1.29, 1.82) is 0 Å². The highest BCUT2D eigenvalue weighted by atomic mass is 16.5. The maximum Gasteiger partial charge on any atom is 0.261 e. The summed E-state index contributed by atoms with van der Waals surface area (Å²) in [4.78, 5) is 16.0. The summed E-state index contributed by atoms with van der Waals surface area (Å²) in [5.74, 6) is 2.72. The second-order valence-electron chi connectivity index (χ2n) is 5.73. The highest BCUT2D eigenvalue weighted by Gasteiger charge is 2.22. The fraction of sp³-hybridized carbons (Fsp3) is 0.444. The smallest absolute Gasteiger partial charge is 0.261 e. The first-order valence-corrected chi connectivity index (χ1v) is 8.35. The van der Waals surface area contributed by atoms with E-state index < -0.39 is 6.10 Å². The Kier molecular flexibility index (Phi) is 5.36.